The molecular formula is C36H26O. The largest absolute Gasteiger partial charge is 0.507 e. The van der Waals surface area contributed by atoms with E-state index in [0.29, 0.717) is 11.7 Å². The van der Waals surface area contributed by atoms with Crippen molar-refractivity contribution in [2.75, 3.05) is 0 Å². The van der Waals surface area contributed by atoms with Crippen LogP contribution in [0, 0.1) is 0 Å². The average Bonchev–Trinajstić information content (AvgIpc) is 3.28. The molecule has 0 fully saturated rings. The maximum absolute atomic E-state index is 10.6. The van der Waals surface area contributed by atoms with Gasteiger partial charge in [-0.15, -0.1) is 0 Å². The first-order chi connectivity index (χ1) is 18.3. The zero-order chi connectivity index (χ0) is 24.8. The van der Waals surface area contributed by atoms with E-state index in [-0.39, 0.29) is 0 Å². The zero-order valence-electron chi connectivity index (χ0n) is 20.4. The van der Waals surface area contributed by atoms with Crippen LogP contribution in [0.1, 0.15) is 22.6 Å². The second-order valence-corrected chi connectivity index (χ2v) is 9.85. The second-order valence-electron chi connectivity index (χ2n) is 9.85. The predicted molar refractivity (Wildman–Crippen MR) is 154 cm³/mol. The number of hydrogen-bond acceptors (Lipinski definition) is 1. The van der Waals surface area contributed by atoms with Gasteiger partial charge in [-0.2, -0.15) is 0 Å². The molecule has 0 radical (unpaired) electrons. The minimum atomic E-state index is 0.300. The lowest BCUT2D eigenvalue weighted by Crippen LogP contribution is -2.02. The van der Waals surface area contributed by atoms with Crippen molar-refractivity contribution in [3.63, 3.8) is 0 Å². The monoisotopic (exact) mass is 474 g/mol. The predicted octanol–water partition coefficient (Wildman–Crippen LogP) is 9.23. The number of fused-ring (bicyclic) bond motifs is 4. The van der Waals surface area contributed by atoms with Gasteiger partial charge in [0.15, 0.2) is 0 Å². The Labute approximate surface area is 217 Å². The minimum Gasteiger partial charge on any atom is -0.507 e. The topological polar surface area (TPSA) is 20.2 Å². The fraction of sp³-hybridized carbons (Fsp3) is 0.0556. The van der Waals surface area contributed by atoms with Crippen molar-refractivity contribution in [3.8, 4) is 39.1 Å². The molecule has 0 saturated carbocycles. The summed E-state index contributed by atoms with van der Waals surface area (Å²) in [7, 11) is 0. The first-order valence-corrected chi connectivity index (χ1v) is 12.9. The maximum Gasteiger partial charge on any atom is 0.123 e. The van der Waals surface area contributed by atoms with Gasteiger partial charge < -0.3 is 5.11 Å². The van der Waals surface area contributed by atoms with Crippen LogP contribution in [0.2, 0.25) is 0 Å². The van der Waals surface area contributed by atoms with Crippen molar-refractivity contribution in [2.24, 2.45) is 0 Å². The van der Waals surface area contributed by atoms with Crippen LogP contribution in [0.3, 0.4) is 0 Å². The molecule has 0 amide bonds. The standard InChI is InChI=1S/C36H26O/c37-36-21-19-26(22-34(36)24-10-2-1-3-11-24)28-20-18-25(27-12-4-5-13-29(27)28)23-35-32-16-8-6-14-30(32)31-15-7-9-17-33(31)35/h1-22,35,37H,23H2. The molecule has 1 nitrogen and oxygen atoms in total. The van der Waals surface area contributed by atoms with Crippen molar-refractivity contribution in [1.29, 1.82) is 0 Å². The molecular weight excluding hydrogens is 448 g/mol. The zero-order valence-corrected chi connectivity index (χ0v) is 20.4. The van der Waals surface area contributed by atoms with E-state index in [4.69, 9.17) is 0 Å². The Balaban J connectivity index is 1.34. The van der Waals surface area contributed by atoms with Crippen molar-refractivity contribution >= 4 is 10.8 Å². The van der Waals surface area contributed by atoms with Gasteiger partial charge in [-0.1, -0.05) is 121 Å². The molecule has 6 aromatic carbocycles. The van der Waals surface area contributed by atoms with E-state index in [9.17, 15) is 5.11 Å². The lowest BCUT2D eigenvalue weighted by Gasteiger charge is -2.17. The lowest BCUT2D eigenvalue weighted by molar-refractivity contribution is 0.477. The van der Waals surface area contributed by atoms with E-state index < -0.39 is 0 Å². The van der Waals surface area contributed by atoms with Gasteiger partial charge in [-0.05, 0) is 73.8 Å². The van der Waals surface area contributed by atoms with Crippen LogP contribution in [-0.2, 0) is 6.42 Å². The maximum atomic E-state index is 10.6. The number of hydrogen-bond donors (Lipinski definition) is 1. The summed E-state index contributed by atoms with van der Waals surface area (Å²) >= 11 is 0. The van der Waals surface area contributed by atoms with Gasteiger partial charge in [0.05, 0.1) is 0 Å². The molecule has 0 heterocycles. The molecule has 0 aromatic heterocycles. The van der Waals surface area contributed by atoms with Gasteiger partial charge in [-0.25, -0.2) is 0 Å². The molecule has 0 aliphatic heterocycles. The summed E-state index contributed by atoms with van der Waals surface area (Å²) in [6.07, 6.45) is 0.958. The number of phenols is 1. The summed E-state index contributed by atoms with van der Waals surface area (Å²) in [6.45, 7) is 0. The first-order valence-electron chi connectivity index (χ1n) is 12.9. The molecule has 0 bridgehead atoms. The van der Waals surface area contributed by atoms with Crippen LogP contribution in [0.15, 0.2) is 133 Å². The first kappa shape index (κ1) is 21.6. The van der Waals surface area contributed by atoms with Gasteiger partial charge in [-0.3, -0.25) is 0 Å². The van der Waals surface area contributed by atoms with Crippen molar-refractivity contribution in [1.82, 2.24) is 0 Å². The average molecular weight is 475 g/mol. The quantitative estimate of drug-likeness (QED) is 0.270. The normalized spacial score (nSPS) is 12.4. The molecule has 6 aromatic rings. The van der Waals surface area contributed by atoms with E-state index >= 15 is 0 Å². The minimum absolute atomic E-state index is 0.300. The van der Waals surface area contributed by atoms with E-state index in [0.717, 1.165) is 23.1 Å². The Hall–Kier alpha value is -4.62. The highest BCUT2D eigenvalue weighted by molar-refractivity contribution is 5.99. The summed E-state index contributed by atoms with van der Waals surface area (Å²) in [5.41, 5.74) is 11.1. The SMILES string of the molecule is Oc1ccc(-c2ccc(CC3c4ccccc4-c4ccccc43)c3ccccc23)cc1-c1ccccc1. The van der Waals surface area contributed by atoms with Crippen LogP contribution < -0.4 is 0 Å². The molecule has 0 atom stereocenters. The summed E-state index contributed by atoms with van der Waals surface area (Å²) in [6, 6.07) is 47.0. The Bertz CT molecular complexity index is 1720. The summed E-state index contributed by atoms with van der Waals surface area (Å²) < 4.78 is 0. The number of phenolic OH excluding ortho intramolecular Hbond substituents is 1. The Morgan fingerprint density at radius 1 is 0.459 bits per heavy atom. The highest BCUT2D eigenvalue weighted by Crippen LogP contribution is 2.47. The summed E-state index contributed by atoms with van der Waals surface area (Å²) in [5.74, 6) is 0.648. The third-order valence-corrected chi connectivity index (χ3v) is 7.79. The van der Waals surface area contributed by atoms with Gasteiger partial charge in [0.25, 0.3) is 0 Å². The van der Waals surface area contributed by atoms with E-state index in [2.05, 4.69) is 91.0 Å². The van der Waals surface area contributed by atoms with Crippen molar-refractivity contribution < 1.29 is 5.11 Å². The van der Waals surface area contributed by atoms with Gasteiger partial charge >= 0.3 is 0 Å². The smallest absolute Gasteiger partial charge is 0.123 e. The third-order valence-electron chi connectivity index (χ3n) is 7.79. The molecule has 1 N–H and O–H groups in total. The highest BCUT2D eigenvalue weighted by atomic mass is 16.3. The molecule has 37 heavy (non-hydrogen) atoms. The lowest BCUT2D eigenvalue weighted by atomic mass is 9.86. The van der Waals surface area contributed by atoms with Gasteiger partial charge in [0.2, 0.25) is 0 Å². The Morgan fingerprint density at radius 2 is 1.08 bits per heavy atom. The fourth-order valence-electron chi connectivity index (χ4n) is 6.04. The Morgan fingerprint density at radius 3 is 1.81 bits per heavy atom. The second kappa shape index (κ2) is 8.80. The van der Waals surface area contributed by atoms with Crippen LogP contribution >= 0.6 is 0 Å². The van der Waals surface area contributed by atoms with E-state index in [1.807, 2.05) is 42.5 Å². The van der Waals surface area contributed by atoms with Crippen LogP contribution in [0.4, 0.5) is 0 Å². The van der Waals surface area contributed by atoms with Crippen LogP contribution in [0.25, 0.3) is 44.2 Å². The fourth-order valence-corrected chi connectivity index (χ4v) is 6.04. The molecule has 0 saturated heterocycles. The molecule has 176 valence electrons. The van der Waals surface area contributed by atoms with Gasteiger partial charge in [0, 0.05) is 11.5 Å². The molecule has 1 aliphatic carbocycles. The molecule has 1 heteroatoms. The van der Waals surface area contributed by atoms with E-state index in [1.165, 1.54) is 44.2 Å². The number of benzene rings is 6. The molecule has 7 rings (SSSR count). The summed E-state index contributed by atoms with van der Waals surface area (Å²) in [5, 5.41) is 13.1. The van der Waals surface area contributed by atoms with Crippen LogP contribution in [0.5, 0.6) is 5.75 Å². The highest BCUT2D eigenvalue weighted by Gasteiger charge is 2.28. The Kier molecular flexibility index (Phi) is 5.15. The van der Waals surface area contributed by atoms with Crippen LogP contribution in [-0.4, -0.2) is 5.11 Å². The number of aromatic hydroxyl groups is 1. The van der Waals surface area contributed by atoms with Crippen molar-refractivity contribution in [2.45, 2.75) is 12.3 Å². The van der Waals surface area contributed by atoms with Gasteiger partial charge in [0.1, 0.15) is 5.75 Å². The molecule has 0 spiro atoms. The molecule has 1 aliphatic rings. The summed E-state index contributed by atoms with van der Waals surface area (Å²) in [4.78, 5) is 0. The van der Waals surface area contributed by atoms with E-state index in [1.54, 1.807) is 0 Å². The number of rotatable bonds is 4. The molecule has 0 unspecified atom stereocenters. The van der Waals surface area contributed by atoms with Crippen molar-refractivity contribution in [3.05, 3.63) is 150 Å². The third kappa shape index (κ3) is 3.63.